The molecule has 0 saturated heterocycles. The first-order valence-electron chi connectivity index (χ1n) is 4.06. The Labute approximate surface area is 107 Å². The number of hydrogen-bond donors (Lipinski definition) is 2. The van der Waals surface area contributed by atoms with Gasteiger partial charge in [-0.2, -0.15) is 5.26 Å². The number of thiocarbonyl (C=S) groups is 1. The second-order valence-corrected chi connectivity index (χ2v) is 4.26. The first kappa shape index (κ1) is 11.9. The summed E-state index contributed by atoms with van der Waals surface area (Å²) in [6, 6.07) is 9.64. The Morgan fingerprint density at radius 3 is 2.73 bits per heavy atom. The Balaban J connectivity index is 2.85. The highest BCUT2D eigenvalue weighted by Gasteiger charge is 1.99. The van der Waals surface area contributed by atoms with Crippen LogP contribution < -0.4 is 11.1 Å². The van der Waals surface area contributed by atoms with Gasteiger partial charge in [-0.05, 0) is 34.7 Å². The van der Waals surface area contributed by atoms with E-state index in [0.717, 1.165) is 9.26 Å². The molecule has 0 saturated carbocycles. The molecule has 0 fully saturated rings. The van der Waals surface area contributed by atoms with Crippen molar-refractivity contribution in [3.05, 3.63) is 39.6 Å². The lowest BCUT2D eigenvalue weighted by Crippen LogP contribution is -2.11. The number of anilines is 1. The molecule has 0 amide bonds. The summed E-state index contributed by atoms with van der Waals surface area (Å²) >= 11 is 6.91. The van der Waals surface area contributed by atoms with Crippen molar-refractivity contribution in [1.82, 2.24) is 0 Å². The summed E-state index contributed by atoms with van der Waals surface area (Å²) in [5.41, 5.74) is 6.54. The predicted molar refractivity (Wildman–Crippen MR) is 73.3 cm³/mol. The summed E-state index contributed by atoms with van der Waals surface area (Å²) in [5, 5.41) is 11.7. The van der Waals surface area contributed by atoms with Gasteiger partial charge in [-0.3, -0.25) is 0 Å². The topological polar surface area (TPSA) is 61.8 Å². The van der Waals surface area contributed by atoms with Crippen molar-refractivity contribution >= 4 is 45.5 Å². The van der Waals surface area contributed by atoms with Crippen LogP contribution in [0.3, 0.4) is 0 Å². The third-order valence-corrected chi connectivity index (χ3v) is 2.79. The maximum atomic E-state index is 8.72. The lowest BCUT2D eigenvalue weighted by molar-refractivity contribution is 1.48. The average molecular weight is 329 g/mol. The van der Waals surface area contributed by atoms with Gasteiger partial charge in [0.05, 0.1) is 5.69 Å². The zero-order valence-electron chi connectivity index (χ0n) is 7.70. The summed E-state index contributed by atoms with van der Waals surface area (Å²) < 4.78 is 1.06. The fourth-order valence-corrected chi connectivity index (χ4v) is 1.53. The minimum Gasteiger partial charge on any atom is -0.389 e. The normalized spacial score (nSPS) is 10.5. The molecule has 1 rings (SSSR count). The van der Waals surface area contributed by atoms with Gasteiger partial charge < -0.3 is 11.1 Å². The molecule has 0 aliphatic heterocycles. The largest absolute Gasteiger partial charge is 0.389 e. The molecule has 0 radical (unpaired) electrons. The van der Waals surface area contributed by atoms with Gasteiger partial charge in [0.1, 0.15) is 16.6 Å². The second kappa shape index (κ2) is 5.68. The zero-order chi connectivity index (χ0) is 11.3. The van der Waals surface area contributed by atoms with Crippen molar-refractivity contribution < 1.29 is 0 Å². The third kappa shape index (κ3) is 3.49. The van der Waals surface area contributed by atoms with Crippen molar-refractivity contribution in [2.24, 2.45) is 5.73 Å². The molecule has 5 heteroatoms. The van der Waals surface area contributed by atoms with E-state index in [2.05, 4.69) is 27.9 Å². The Hall–Kier alpha value is -1.13. The van der Waals surface area contributed by atoms with E-state index < -0.39 is 0 Å². The number of nitriles is 1. The third-order valence-electron chi connectivity index (χ3n) is 1.63. The molecule has 3 N–H and O–H groups in total. The molecule has 0 aliphatic rings. The number of benzene rings is 1. The smallest absolute Gasteiger partial charge is 0.116 e. The summed E-state index contributed by atoms with van der Waals surface area (Å²) in [7, 11) is 0. The van der Waals surface area contributed by atoms with Crippen molar-refractivity contribution in [1.29, 1.82) is 5.26 Å². The van der Waals surface area contributed by atoms with Gasteiger partial charge in [0.25, 0.3) is 0 Å². The van der Waals surface area contributed by atoms with Gasteiger partial charge in [0, 0.05) is 9.77 Å². The number of rotatable bonds is 3. The Morgan fingerprint density at radius 1 is 1.53 bits per heavy atom. The molecule has 0 atom stereocenters. The van der Waals surface area contributed by atoms with E-state index in [0.29, 0.717) is 0 Å². The van der Waals surface area contributed by atoms with E-state index in [1.54, 1.807) is 0 Å². The van der Waals surface area contributed by atoms with Crippen LogP contribution in [0.15, 0.2) is 36.0 Å². The lowest BCUT2D eigenvalue weighted by Gasteiger charge is -2.03. The van der Waals surface area contributed by atoms with Crippen LogP contribution in [0.2, 0.25) is 0 Å². The number of para-hydroxylation sites is 1. The van der Waals surface area contributed by atoms with E-state index in [4.69, 9.17) is 23.2 Å². The Morgan fingerprint density at radius 2 is 2.20 bits per heavy atom. The molecule has 0 heterocycles. The van der Waals surface area contributed by atoms with Crippen molar-refractivity contribution in [3.8, 4) is 6.07 Å². The Bertz CT molecular complexity index is 448. The molecule has 0 aromatic heterocycles. The summed E-state index contributed by atoms with van der Waals surface area (Å²) in [6.07, 6.45) is 1.51. The number of nitrogens with one attached hydrogen (secondary N) is 1. The van der Waals surface area contributed by atoms with E-state index in [1.807, 2.05) is 30.3 Å². The molecule has 15 heavy (non-hydrogen) atoms. The van der Waals surface area contributed by atoms with Crippen molar-refractivity contribution in [2.45, 2.75) is 0 Å². The molecule has 0 bridgehead atoms. The molecule has 1 aromatic rings. The van der Waals surface area contributed by atoms with Crippen LogP contribution in [-0.4, -0.2) is 4.99 Å². The minimum atomic E-state index is 0.0935. The van der Waals surface area contributed by atoms with Gasteiger partial charge >= 0.3 is 0 Å². The lowest BCUT2D eigenvalue weighted by atomic mass is 10.3. The zero-order valence-corrected chi connectivity index (χ0v) is 10.7. The molecule has 0 unspecified atom stereocenters. The number of nitrogens with zero attached hydrogens (tertiary/aromatic N) is 1. The Kier molecular flexibility index (Phi) is 4.52. The predicted octanol–water partition coefficient (Wildman–Crippen LogP) is 2.40. The number of nitrogens with two attached hydrogens (primary N) is 1. The number of hydrogen-bond acceptors (Lipinski definition) is 3. The maximum absolute atomic E-state index is 8.72. The molecular weight excluding hydrogens is 321 g/mol. The van der Waals surface area contributed by atoms with Crippen LogP contribution in [0.1, 0.15) is 0 Å². The van der Waals surface area contributed by atoms with Crippen LogP contribution in [0, 0.1) is 14.9 Å². The second-order valence-electron chi connectivity index (χ2n) is 2.66. The van der Waals surface area contributed by atoms with Gasteiger partial charge in [-0.25, -0.2) is 0 Å². The standard InChI is InChI=1S/C10H8IN3S/c11-8-3-1-2-4-9(8)14-6-7(5-12)10(13)15/h1-4,6,14H,(H2,13,15)/b7-6+. The van der Waals surface area contributed by atoms with E-state index in [-0.39, 0.29) is 10.6 Å². The van der Waals surface area contributed by atoms with Crippen molar-refractivity contribution in [2.75, 3.05) is 5.32 Å². The van der Waals surface area contributed by atoms with Crippen LogP contribution >= 0.6 is 34.8 Å². The van der Waals surface area contributed by atoms with Crippen LogP contribution in [0.25, 0.3) is 0 Å². The minimum absolute atomic E-state index is 0.0935. The first-order valence-corrected chi connectivity index (χ1v) is 5.55. The van der Waals surface area contributed by atoms with Crippen LogP contribution in [0.5, 0.6) is 0 Å². The number of halogens is 1. The van der Waals surface area contributed by atoms with Crippen LogP contribution in [-0.2, 0) is 0 Å². The average Bonchev–Trinajstić information content (AvgIpc) is 2.21. The first-order chi connectivity index (χ1) is 7.15. The molecule has 0 aliphatic carbocycles. The highest BCUT2D eigenvalue weighted by atomic mass is 127. The van der Waals surface area contributed by atoms with Gasteiger partial charge in [-0.15, -0.1) is 0 Å². The monoisotopic (exact) mass is 329 g/mol. The SMILES string of the molecule is N#C/C(=C\Nc1ccccc1I)C(N)=S. The maximum Gasteiger partial charge on any atom is 0.116 e. The molecule has 3 nitrogen and oxygen atoms in total. The van der Waals surface area contributed by atoms with E-state index >= 15 is 0 Å². The van der Waals surface area contributed by atoms with Gasteiger partial charge in [0.15, 0.2) is 0 Å². The highest BCUT2D eigenvalue weighted by Crippen LogP contribution is 2.17. The molecule has 76 valence electrons. The van der Waals surface area contributed by atoms with E-state index in [9.17, 15) is 0 Å². The fourth-order valence-electron chi connectivity index (χ4n) is 0.887. The summed E-state index contributed by atoms with van der Waals surface area (Å²) in [4.78, 5) is 0.0935. The quantitative estimate of drug-likeness (QED) is 0.387. The summed E-state index contributed by atoms with van der Waals surface area (Å²) in [5.74, 6) is 0. The molecule has 1 aromatic carbocycles. The van der Waals surface area contributed by atoms with Crippen LogP contribution in [0.4, 0.5) is 5.69 Å². The van der Waals surface area contributed by atoms with Gasteiger partial charge in [0.2, 0.25) is 0 Å². The fraction of sp³-hybridized carbons (Fsp3) is 0. The van der Waals surface area contributed by atoms with Gasteiger partial charge in [-0.1, -0.05) is 24.4 Å². The van der Waals surface area contributed by atoms with E-state index in [1.165, 1.54) is 6.20 Å². The summed E-state index contributed by atoms with van der Waals surface area (Å²) in [6.45, 7) is 0. The highest BCUT2D eigenvalue weighted by molar-refractivity contribution is 14.1. The molecule has 0 spiro atoms. The molecular formula is C10H8IN3S. The van der Waals surface area contributed by atoms with Crippen molar-refractivity contribution in [3.63, 3.8) is 0 Å².